The van der Waals surface area contributed by atoms with Gasteiger partial charge in [-0.25, -0.2) is 14.6 Å². The van der Waals surface area contributed by atoms with E-state index in [-0.39, 0.29) is 6.61 Å². The van der Waals surface area contributed by atoms with Gasteiger partial charge in [0.1, 0.15) is 0 Å². The quantitative estimate of drug-likeness (QED) is 0.515. The van der Waals surface area contributed by atoms with E-state index in [1.165, 1.54) is 4.90 Å². The lowest BCUT2D eigenvalue weighted by molar-refractivity contribution is -0.119. The number of esters is 1. The van der Waals surface area contributed by atoms with Crippen molar-refractivity contribution in [2.75, 3.05) is 23.9 Å². The zero-order chi connectivity index (χ0) is 24.9. The number of amides is 3. The van der Waals surface area contributed by atoms with E-state index in [1.54, 1.807) is 56.4 Å². The minimum absolute atomic E-state index is 0.271. The number of ether oxygens (including phenoxy) is 1. The first-order valence-electron chi connectivity index (χ1n) is 10.9. The van der Waals surface area contributed by atoms with Crippen LogP contribution in [0.1, 0.15) is 28.4 Å². The predicted octanol–water partition coefficient (Wildman–Crippen LogP) is 4.48. The number of nitrogens with one attached hydrogen (secondary N) is 2. The molecule has 1 atom stereocenters. The van der Waals surface area contributed by atoms with Crippen molar-refractivity contribution in [1.29, 1.82) is 0 Å². The maximum Gasteiger partial charge on any atom is 0.338 e. The third kappa shape index (κ3) is 5.33. The van der Waals surface area contributed by atoms with Crippen LogP contribution in [-0.4, -0.2) is 43.4 Å². The number of carbonyl (C=O) groups is 3. The molecule has 1 unspecified atom stereocenters. The van der Waals surface area contributed by atoms with Crippen molar-refractivity contribution in [3.63, 3.8) is 0 Å². The fraction of sp³-hybridized carbons (Fsp3) is 0.154. The molecule has 0 aliphatic carbocycles. The minimum Gasteiger partial charge on any atom is -0.462 e. The minimum atomic E-state index is -1.18. The molecule has 35 heavy (non-hydrogen) atoms. The number of rotatable bonds is 5. The summed E-state index contributed by atoms with van der Waals surface area (Å²) in [6, 6.07) is 20.2. The van der Waals surface area contributed by atoms with Gasteiger partial charge in [0.15, 0.2) is 0 Å². The molecule has 3 amide bonds. The highest BCUT2D eigenvalue weighted by Gasteiger charge is 2.31. The van der Waals surface area contributed by atoms with Crippen LogP contribution < -0.4 is 15.5 Å². The van der Waals surface area contributed by atoms with Gasteiger partial charge >= 0.3 is 12.0 Å². The van der Waals surface area contributed by atoms with Crippen molar-refractivity contribution in [2.24, 2.45) is 4.99 Å². The summed E-state index contributed by atoms with van der Waals surface area (Å²) in [7, 11) is 1.62. The fourth-order valence-corrected chi connectivity index (χ4v) is 3.83. The van der Waals surface area contributed by atoms with Gasteiger partial charge in [0, 0.05) is 28.9 Å². The van der Waals surface area contributed by atoms with Gasteiger partial charge in [-0.1, -0.05) is 41.9 Å². The molecule has 8 nitrogen and oxygen atoms in total. The molecule has 0 radical (unpaired) electrons. The Morgan fingerprint density at radius 1 is 1.06 bits per heavy atom. The van der Waals surface area contributed by atoms with Crippen molar-refractivity contribution in [1.82, 2.24) is 5.32 Å². The van der Waals surface area contributed by atoms with E-state index < -0.39 is 24.1 Å². The molecule has 9 heteroatoms. The molecule has 2 N–H and O–H groups in total. The second kappa shape index (κ2) is 10.4. The molecule has 3 aromatic carbocycles. The van der Waals surface area contributed by atoms with E-state index in [0.29, 0.717) is 33.2 Å². The van der Waals surface area contributed by atoms with E-state index in [1.807, 2.05) is 30.3 Å². The molecule has 4 rings (SSSR count). The molecular weight excluding hydrogens is 468 g/mol. The fourth-order valence-electron chi connectivity index (χ4n) is 3.66. The van der Waals surface area contributed by atoms with Crippen LogP contribution in [0.25, 0.3) is 0 Å². The number of likely N-dealkylation sites (N-methyl/N-ethyl adjacent to an activating group) is 1. The highest BCUT2D eigenvalue weighted by molar-refractivity contribution is 6.32. The van der Waals surface area contributed by atoms with Crippen LogP contribution in [0.5, 0.6) is 0 Å². The van der Waals surface area contributed by atoms with Crippen molar-refractivity contribution in [3.05, 3.63) is 94.5 Å². The Labute approximate surface area is 207 Å². The number of benzodiazepines with no additional fused rings is 1. The van der Waals surface area contributed by atoms with Crippen LogP contribution in [0.4, 0.5) is 16.2 Å². The van der Waals surface area contributed by atoms with Crippen molar-refractivity contribution in [2.45, 2.75) is 13.1 Å². The lowest BCUT2D eigenvalue weighted by Gasteiger charge is -2.21. The summed E-state index contributed by atoms with van der Waals surface area (Å²) in [5.74, 6) is -0.856. The van der Waals surface area contributed by atoms with Crippen LogP contribution in [0.15, 0.2) is 77.8 Å². The lowest BCUT2D eigenvalue weighted by atomic mass is 10.0. The SMILES string of the molecule is CCOC(=O)c1ccc(NC(=O)NC2N=C(c3ccccc3)c3cc(Cl)ccc3N(C)C2=O)cc1. The number of halogens is 1. The molecule has 0 aromatic heterocycles. The number of benzene rings is 3. The topological polar surface area (TPSA) is 100 Å². The highest BCUT2D eigenvalue weighted by Crippen LogP contribution is 2.29. The maximum atomic E-state index is 13.2. The van der Waals surface area contributed by atoms with Gasteiger partial charge in [-0.15, -0.1) is 0 Å². The molecule has 0 saturated carbocycles. The normalized spacial score (nSPS) is 14.9. The zero-order valence-corrected chi connectivity index (χ0v) is 19.9. The summed E-state index contributed by atoms with van der Waals surface area (Å²) in [5, 5.41) is 5.81. The van der Waals surface area contributed by atoms with Gasteiger partial charge in [-0.05, 0) is 49.4 Å². The molecule has 1 aliphatic heterocycles. The van der Waals surface area contributed by atoms with Crippen molar-refractivity contribution >= 4 is 46.6 Å². The second-order valence-electron chi connectivity index (χ2n) is 7.70. The van der Waals surface area contributed by atoms with Gasteiger partial charge < -0.3 is 20.3 Å². The third-order valence-electron chi connectivity index (χ3n) is 5.37. The van der Waals surface area contributed by atoms with Gasteiger partial charge in [0.2, 0.25) is 6.17 Å². The van der Waals surface area contributed by atoms with Gasteiger partial charge in [0.25, 0.3) is 5.91 Å². The Morgan fingerprint density at radius 2 is 1.77 bits per heavy atom. The number of nitrogens with zero attached hydrogens (tertiary/aromatic N) is 2. The molecule has 1 aliphatic rings. The largest absolute Gasteiger partial charge is 0.462 e. The number of hydrogen-bond donors (Lipinski definition) is 2. The first-order chi connectivity index (χ1) is 16.9. The van der Waals surface area contributed by atoms with E-state index >= 15 is 0 Å². The van der Waals surface area contributed by atoms with Gasteiger partial charge in [-0.3, -0.25) is 4.79 Å². The zero-order valence-electron chi connectivity index (χ0n) is 19.1. The summed E-state index contributed by atoms with van der Waals surface area (Å²) in [5.41, 5.74) is 3.42. The van der Waals surface area contributed by atoms with Crippen LogP contribution in [-0.2, 0) is 9.53 Å². The Hall–Kier alpha value is -4.17. The smallest absolute Gasteiger partial charge is 0.338 e. The molecule has 1 heterocycles. The van der Waals surface area contributed by atoms with Crippen LogP contribution >= 0.6 is 11.6 Å². The number of fused-ring (bicyclic) bond motifs is 1. The van der Waals surface area contributed by atoms with Crippen molar-refractivity contribution in [3.8, 4) is 0 Å². The number of urea groups is 1. The Morgan fingerprint density at radius 3 is 2.46 bits per heavy atom. The molecule has 0 saturated heterocycles. The first kappa shape index (κ1) is 24.0. The first-order valence-corrected chi connectivity index (χ1v) is 11.3. The van der Waals surface area contributed by atoms with Crippen LogP contribution in [0.2, 0.25) is 5.02 Å². The molecule has 0 spiro atoms. The van der Waals surface area contributed by atoms with E-state index in [9.17, 15) is 14.4 Å². The highest BCUT2D eigenvalue weighted by atomic mass is 35.5. The predicted molar refractivity (Wildman–Crippen MR) is 135 cm³/mol. The maximum absolute atomic E-state index is 13.2. The van der Waals surface area contributed by atoms with Crippen LogP contribution in [0.3, 0.4) is 0 Å². The summed E-state index contributed by atoms with van der Waals surface area (Å²) in [6.07, 6.45) is -1.18. The molecule has 178 valence electrons. The summed E-state index contributed by atoms with van der Waals surface area (Å²) in [4.78, 5) is 43.9. The summed E-state index contributed by atoms with van der Waals surface area (Å²) < 4.78 is 4.96. The Balaban J connectivity index is 1.60. The number of anilines is 2. The molecular formula is C26H23ClN4O4. The summed E-state index contributed by atoms with van der Waals surface area (Å²) >= 11 is 6.26. The average Bonchev–Trinajstić information content (AvgIpc) is 2.95. The van der Waals surface area contributed by atoms with E-state index in [0.717, 1.165) is 5.56 Å². The Kier molecular flexibility index (Phi) is 7.12. The number of aliphatic imine (C=N–C) groups is 1. The standard InChI is InChI=1S/C26H23ClN4O4/c1-3-35-25(33)17-9-12-19(13-10-17)28-26(34)30-23-24(32)31(2)21-14-11-18(27)15-20(21)22(29-23)16-7-5-4-6-8-16/h4-15,23H,3H2,1-2H3,(H2,28,30,34). The Bertz CT molecular complexity index is 1290. The average molecular weight is 491 g/mol. The lowest BCUT2D eigenvalue weighted by Crippen LogP contribution is -2.47. The van der Waals surface area contributed by atoms with Gasteiger partial charge in [-0.2, -0.15) is 0 Å². The van der Waals surface area contributed by atoms with Crippen LogP contribution in [0, 0.1) is 0 Å². The number of carbonyl (C=O) groups excluding carboxylic acids is 3. The third-order valence-corrected chi connectivity index (χ3v) is 5.60. The number of hydrogen-bond acceptors (Lipinski definition) is 5. The van der Waals surface area contributed by atoms with E-state index in [4.69, 9.17) is 16.3 Å². The molecule has 0 fully saturated rings. The second-order valence-corrected chi connectivity index (χ2v) is 8.14. The molecule has 0 bridgehead atoms. The molecule has 3 aromatic rings. The van der Waals surface area contributed by atoms with Gasteiger partial charge in [0.05, 0.1) is 23.6 Å². The van der Waals surface area contributed by atoms with Crippen molar-refractivity contribution < 1.29 is 19.1 Å². The monoisotopic (exact) mass is 490 g/mol. The van der Waals surface area contributed by atoms with E-state index in [2.05, 4.69) is 15.6 Å². The summed E-state index contributed by atoms with van der Waals surface area (Å²) in [6.45, 7) is 2.00.